The van der Waals surface area contributed by atoms with Crippen molar-refractivity contribution in [3.05, 3.63) is 50.6 Å². The van der Waals surface area contributed by atoms with Gasteiger partial charge in [0, 0.05) is 10.5 Å². The Balaban J connectivity index is 2.35. The second-order valence-corrected chi connectivity index (χ2v) is 5.48. The van der Waals surface area contributed by atoms with Gasteiger partial charge in [0.15, 0.2) is 0 Å². The van der Waals surface area contributed by atoms with Crippen LogP contribution in [0.5, 0.6) is 11.6 Å². The van der Waals surface area contributed by atoms with Crippen LogP contribution in [0.25, 0.3) is 0 Å². The molecule has 0 aliphatic heterocycles. The number of pyridine rings is 1. The van der Waals surface area contributed by atoms with Gasteiger partial charge >= 0.3 is 5.97 Å². The summed E-state index contributed by atoms with van der Waals surface area (Å²) in [5, 5.41) is 9.08. The Hall–Kier alpha value is -1.59. The molecule has 104 valence electrons. The molecule has 0 spiro atoms. The van der Waals surface area contributed by atoms with Crippen molar-refractivity contribution < 1.29 is 14.6 Å². The van der Waals surface area contributed by atoms with Gasteiger partial charge < -0.3 is 9.84 Å². The van der Waals surface area contributed by atoms with Crippen molar-refractivity contribution in [3.8, 4) is 11.6 Å². The number of rotatable bonds is 3. The van der Waals surface area contributed by atoms with Crippen LogP contribution >= 0.6 is 27.5 Å². The topological polar surface area (TPSA) is 59.4 Å². The molecule has 0 fully saturated rings. The summed E-state index contributed by atoms with van der Waals surface area (Å²) in [6, 6.07) is 4.99. The Morgan fingerprint density at radius 3 is 2.45 bits per heavy atom. The Bertz CT molecular complexity index is 665. The molecule has 1 N–H and O–H groups in total. The van der Waals surface area contributed by atoms with Gasteiger partial charge in [-0.15, -0.1) is 0 Å². The average Bonchev–Trinajstić information content (AvgIpc) is 2.38. The number of hydrogen-bond acceptors (Lipinski definition) is 3. The summed E-state index contributed by atoms with van der Waals surface area (Å²) in [5.41, 5.74) is 2.00. The summed E-state index contributed by atoms with van der Waals surface area (Å²) in [5.74, 6) is -0.340. The number of aromatic nitrogens is 1. The van der Waals surface area contributed by atoms with Crippen molar-refractivity contribution in [3.63, 3.8) is 0 Å². The molecule has 1 aromatic heterocycles. The van der Waals surface area contributed by atoms with Gasteiger partial charge in [-0.25, -0.2) is 9.78 Å². The number of nitrogens with zero attached hydrogens (tertiary/aromatic N) is 1. The zero-order valence-electron chi connectivity index (χ0n) is 10.8. The summed E-state index contributed by atoms with van der Waals surface area (Å²) in [4.78, 5) is 15.0. The molecule has 1 aromatic carbocycles. The largest absolute Gasteiger partial charge is 0.478 e. The number of ether oxygens (including phenoxy) is 1. The Morgan fingerprint density at radius 1 is 1.30 bits per heavy atom. The number of halogens is 2. The van der Waals surface area contributed by atoms with Crippen LogP contribution in [0.4, 0.5) is 0 Å². The summed E-state index contributed by atoms with van der Waals surface area (Å²) in [6.45, 7) is 3.89. The monoisotopic (exact) mass is 355 g/mol. The van der Waals surface area contributed by atoms with Crippen LogP contribution in [0.2, 0.25) is 5.02 Å². The lowest BCUT2D eigenvalue weighted by atomic mass is 10.1. The van der Waals surface area contributed by atoms with Crippen LogP contribution in [-0.2, 0) is 0 Å². The van der Waals surface area contributed by atoms with E-state index in [9.17, 15) is 4.79 Å². The lowest BCUT2D eigenvalue weighted by Gasteiger charge is -2.10. The second kappa shape index (κ2) is 5.81. The molecule has 4 nitrogen and oxygen atoms in total. The highest BCUT2D eigenvalue weighted by atomic mass is 79.9. The molecule has 0 saturated heterocycles. The van der Waals surface area contributed by atoms with Crippen LogP contribution in [0, 0.1) is 13.8 Å². The van der Waals surface area contributed by atoms with Crippen molar-refractivity contribution in [2.75, 3.05) is 0 Å². The van der Waals surface area contributed by atoms with Gasteiger partial charge in [0.2, 0.25) is 5.88 Å². The molecule has 0 unspecified atom stereocenters. The van der Waals surface area contributed by atoms with E-state index in [0.29, 0.717) is 5.75 Å². The van der Waals surface area contributed by atoms with E-state index in [0.717, 1.165) is 15.6 Å². The maximum absolute atomic E-state index is 11.0. The third-order valence-electron chi connectivity index (χ3n) is 2.69. The summed E-state index contributed by atoms with van der Waals surface area (Å²) in [7, 11) is 0. The highest BCUT2D eigenvalue weighted by Crippen LogP contribution is 2.29. The maximum Gasteiger partial charge on any atom is 0.337 e. The molecule has 0 saturated carbocycles. The van der Waals surface area contributed by atoms with Gasteiger partial charge in [0.05, 0.1) is 16.8 Å². The van der Waals surface area contributed by atoms with E-state index < -0.39 is 5.97 Å². The van der Waals surface area contributed by atoms with E-state index >= 15 is 0 Å². The first kappa shape index (κ1) is 14.8. The van der Waals surface area contributed by atoms with Crippen molar-refractivity contribution in [1.82, 2.24) is 4.98 Å². The van der Waals surface area contributed by atoms with Crippen LogP contribution in [-0.4, -0.2) is 16.1 Å². The van der Waals surface area contributed by atoms with Gasteiger partial charge in [-0.05, 0) is 37.1 Å². The van der Waals surface area contributed by atoms with E-state index in [2.05, 4.69) is 20.9 Å². The number of carbonyl (C=O) groups is 1. The Kier molecular flexibility index (Phi) is 4.30. The minimum Gasteiger partial charge on any atom is -0.478 e. The number of aryl methyl sites for hydroxylation is 2. The Labute approximate surface area is 129 Å². The maximum atomic E-state index is 11.0. The molecule has 0 radical (unpaired) electrons. The molecule has 20 heavy (non-hydrogen) atoms. The van der Waals surface area contributed by atoms with E-state index in [1.807, 2.05) is 26.0 Å². The van der Waals surface area contributed by atoms with Crippen molar-refractivity contribution in [1.29, 1.82) is 0 Å². The predicted octanol–water partition coefficient (Wildman–Crippen LogP) is 4.60. The van der Waals surface area contributed by atoms with Crippen molar-refractivity contribution in [2.24, 2.45) is 0 Å². The second-order valence-electron chi connectivity index (χ2n) is 4.28. The van der Waals surface area contributed by atoms with Crippen molar-refractivity contribution >= 4 is 33.5 Å². The molecule has 0 amide bonds. The molecule has 0 atom stereocenters. The smallest absolute Gasteiger partial charge is 0.337 e. The molecule has 0 aliphatic rings. The lowest BCUT2D eigenvalue weighted by molar-refractivity contribution is 0.0696. The van der Waals surface area contributed by atoms with Crippen LogP contribution < -0.4 is 4.74 Å². The number of hydrogen-bond donors (Lipinski definition) is 1. The van der Waals surface area contributed by atoms with E-state index in [1.54, 1.807) is 0 Å². The summed E-state index contributed by atoms with van der Waals surface area (Å²) < 4.78 is 6.60. The zero-order valence-corrected chi connectivity index (χ0v) is 13.1. The van der Waals surface area contributed by atoms with Gasteiger partial charge in [-0.2, -0.15) is 0 Å². The van der Waals surface area contributed by atoms with Crippen molar-refractivity contribution in [2.45, 2.75) is 13.8 Å². The number of carboxylic acids is 1. The summed E-state index contributed by atoms with van der Waals surface area (Å²) in [6.07, 6.45) is 1.26. The van der Waals surface area contributed by atoms with E-state index in [-0.39, 0.29) is 16.5 Å². The van der Waals surface area contributed by atoms with E-state index in [4.69, 9.17) is 21.4 Å². The minimum absolute atomic E-state index is 0.0396. The molecular formula is C14H11BrClNO3. The first-order valence-corrected chi connectivity index (χ1v) is 6.89. The molecule has 1 heterocycles. The third kappa shape index (κ3) is 3.11. The van der Waals surface area contributed by atoms with Gasteiger partial charge in [-0.1, -0.05) is 27.5 Å². The van der Waals surface area contributed by atoms with Crippen LogP contribution in [0.15, 0.2) is 28.9 Å². The number of carboxylic acid groups (broad SMARTS) is 1. The zero-order chi connectivity index (χ0) is 14.9. The SMILES string of the molecule is Cc1cc(Oc2cc(C(=O)O)c(Cl)cn2)cc(C)c1Br. The molecule has 2 rings (SSSR count). The summed E-state index contributed by atoms with van der Waals surface area (Å²) >= 11 is 9.23. The first-order valence-electron chi connectivity index (χ1n) is 5.72. The van der Waals surface area contributed by atoms with Gasteiger partial charge in [0.25, 0.3) is 0 Å². The average molecular weight is 357 g/mol. The number of aromatic carboxylic acids is 1. The fraction of sp³-hybridized carbons (Fsp3) is 0.143. The van der Waals surface area contributed by atoms with Crippen LogP contribution in [0.1, 0.15) is 21.5 Å². The fourth-order valence-corrected chi connectivity index (χ4v) is 2.14. The molecule has 2 aromatic rings. The lowest BCUT2D eigenvalue weighted by Crippen LogP contribution is -1.99. The third-order valence-corrected chi connectivity index (χ3v) is 4.25. The fourth-order valence-electron chi connectivity index (χ4n) is 1.73. The first-order chi connectivity index (χ1) is 9.38. The van der Waals surface area contributed by atoms with Gasteiger partial charge in [0.1, 0.15) is 5.75 Å². The van der Waals surface area contributed by atoms with Gasteiger partial charge in [-0.3, -0.25) is 0 Å². The minimum atomic E-state index is -1.12. The highest BCUT2D eigenvalue weighted by Gasteiger charge is 2.12. The van der Waals surface area contributed by atoms with Crippen LogP contribution in [0.3, 0.4) is 0 Å². The predicted molar refractivity (Wildman–Crippen MR) is 79.9 cm³/mol. The highest BCUT2D eigenvalue weighted by molar-refractivity contribution is 9.10. The molecule has 0 bridgehead atoms. The quantitative estimate of drug-likeness (QED) is 0.873. The Morgan fingerprint density at radius 2 is 1.90 bits per heavy atom. The normalized spacial score (nSPS) is 10.4. The molecule has 0 aliphatic carbocycles. The number of benzene rings is 1. The molecule has 6 heteroatoms. The molecular weight excluding hydrogens is 346 g/mol. The van der Waals surface area contributed by atoms with E-state index in [1.165, 1.54) is 12.3 Å². The standard InChI is InChI=1S/C14H11BrClNO3/c1-7-3-9(4-8(2)13(7)15)20-12-5-10(14(18)19)11(16)6-17-12/h3-6H,1-2H3,(H,18,19).